The molecule has 0 aromatic rings. The van der Waals surface area contributed by atoms with Gasteiger partial charge in [0.05, 0.1) is 13.0 Å². The highest BCUT2D eigenvalue weighted by atomic mass is 16.5. The summed E-state index contributed by atoms with van der Waals surface area (Å²) in [7, 11) is 5.62. The van der Waals surface area contributed by atoms with Crippen LogP contribution in [0.15, 0.2) is 0 Å². The minimum atomic E-state index is -0.327. The van der Waals surface area contributed by atoms with E-state index < -0.39 is 0 Å². The van der Waals surface area contributed by atoms with Crippen molar-refractivity contribution in [3.8, 4) is 0 Å². The van der Waals surface area contributed by atoms with Gasteiger partial charge >= 0.3 is 5.97 Å². The first-order valence-electron chi connectivity index (χ1n) is 11.6. The number of nitrogens with zero attached hydrogens (tertiary/aromatic N) is 1. The highest BCUT2D eigenvalue weighted by molar-refractivity contribution is 5.84. The summed E-state index contributed by atoms with van der Waals surface area (Å²) in [6.07, 6.45) is 14.4. The lowest BCUT2D eigenvalue weighted by Gasteiger charge is -2.14. The van der Waals surface area contributed by atoms with Crippen LogP contribution < -0.4 is 0 Å². The molecule has 0 aliphatic heterocycles. The lowest BCUT2D eigenvalue weighted by Crippen LogP contribution is -2.20. The molecular weight excluding hydrogens is 366 g/mol. The zero-order valence-electron chi connectivity index (χ0n) is 19.5. The zero-order chi connectivity index (χ0) is 21.9. The Morgan fingerprint density at radius 1 is 0.759 bits per heavy atom. The van der Waals surface area contributed by atoms with Crippen LogP contribution in [0.25, 0.3) is 0 Å². The molecule has 0 heterocycles. The molecule has 0 radical (unpaired) electrons. The number of Topliss-reactive ketones (excluding diaryl/α,β-unsaturated/α-hetero) is 2. The van der Waals surface area contributed by atoms with E-state index >= 15 is 0 Å². The molecule has 0 bridgehead atoms. The number of rotatable bonds is 20. The van der Waals surface area contributed by atoms with E-state index in [0.29, 0.717) is 25.7 Å². The predicted molar refractivity (Wildman–Crippen MR) is 119 cm³/mol. The van der Waals surface area contributed by atoms with Crippen molar-refractivity contribution in [2.75, 3.05) is 27.7 Å². The Hall–Kier alpha value is -1.23. The normalized spacial score (nSPS) is 12.2. The molecule has 0 aliphatic rings. The highest BCUT2D eigenvalue weighted by Crippen LogP contribution is 2.19. The van der Waals surface area contributed by atoms with Crippen LogP contribution in [0.1, 0.15) is 103 Å². The van der Waals surface area contributed by atoms with Crippen LogP contribution in [0.3, 0.4) is 0 Å². The quantitative estimate of drug-likeness (QED) is 0.200. The maximum absolute atomic E-state index is 12.3. The molecule has 0 rings (SSSR count). The minimum Gasteiger partial charge on any atom is -0.469 e. The van der Waals surface area contributed by atoms with Gasteiger partial charge in [0.25, 0.3) is 0 Å². The van der Waals surface area contributed by atoms with Crippen molar-refractivity contribution in [2.45, 2.75) is 103 Å². The van der Waals surface area contributed by atoms with Gasteiger partial charge in [-0.1, -0.05) is 51.4 Å². The Morgan fingerprint density at radius 3 is 1.83 bits per heavy atom. The number of ether oxygens (including phenoxy) is 1. The van der Waals surface area contributed by atoms with Gasteiger partial charge in [0, 0.05) is 19.3 Å². The van der Waals surface area contributed by atoms with E-state index in [2.05, 4.69) is 19.0 Å². The van der Waals surface area contributed by atoms with Crippen LogP contribution in [0, 0.1) is 5.92 Å². The van der Waals surface area contributed by atoms with Gasteiger partial charge in [0.15, 0.2) is 0 Å². The van der Waals surface area contributed by atoms with Crippen molar-refractivity contribution in [1.29, 1.82) is 0 Å². The molecule has 0 amide bonds. The molecule has 170 valence electrons. The van der Waals surface area contributed by atoms with E-state index in [9.17, 15) is 14.4 Å². The molecule has 0 fully saturated rings. The lowest BCUT2D eigenvalue weighted by molar-refractivity contribution is -0.147. The maximum Gasteiger partial charge on any atom is 0.309 e. The molecule has 0 spiro atoms. The molecule has 0 saturated carbocycles. The fraction of sp³-hybridized carbons (Fsp3) is 0.875. The van der Waals surface area contributed by atoms with Crippen molar-refractivity contribution >= 4 is 17.5 Å². The van der Waals surface area contributed by atoms with Crippen LogP contribution in [0.4, 0.5) is 0 Å². The molecule has 0 N–H and O–H groups in total. The molecule has 0 aromatic heterocycles. The molecular formula is C24H45NO4. The fourth-order valence-corrected chi connectivity index (χ4v) is 3.60. The number of unbranched alkanes of at least 4 members (excludes halogenated alkanes) is 9. The fourth-order valence-electron chi connectivity index (χ4n) is 3.60. The smallest absolute Gasteiger partial charge is 0.309 e. The average molecular weight is 412 g/mol. The Morgan fingerprint density at radius 2 is 1.28 bits per heavy atom. The minimum absolute atomic E-state index is 0.174. The van der Waals surface area contributed by atoms with Gasteiger partial charge in [-0.15, -0.1) is 0 Å². The molecule has 1 atom stereocenters. The second-order valence-corrected chi connectivity index (χ2v) is 8.65. The molecule has 0 aliphatic carbocycles. The number of hydrogen-bond acceptors (Lipinski definition) is 5. The summed E-state index contributed by atoms with van der Waals surface area (Å²) >= 11 is 0. The second-order valence-electron chi connectivity index (χ2n) is 8.65. The highest BCUT2D eigenvalue weighted by Gasteiger charge is 2.21. The monoisotopic (exact) mass is 411 g/mol. The Kier molecular flexibility index (Phi) is 18.0. The third-order valence-corrected chi connectivity index (χ3v) is 5.40. The van der Waals surface area contributed by atoms with Gasteiger partial charge in [-0.05, 0) is 53.2 Å². The van der Waals surface area contributed by atoms with E-state index in [4.69, 9.17) is 4.74 Å². The first-order valence-corrected chi connectivity index (χ1v) is 11.6. The molecule has 5 heteroatoms. The topological polar surface area (TPSA) is 63.7 Å². The maximum atomic E-state index is 12.3. The third-order valence-electron chi connectivity index (χ3n) is 5.40. The summed E-state index contributed by atoms with van der Waals surface area (Å²) in [4.78, 5) is 37.4. The van der Waals surface area contributed by atoms with Crippen molar-refractivity contribution in [1.82, 2.24) is 4.90 Å². The number of carbonyl (C=O) groups excluding carboxylic acids is 3. The largest absolute Gasteiger partial charge is 0.469 e. The summed E-state index contributed by atoms with van der Waals surface area (Å²) in [5.74, 6) is -0.229. The van der Waals surface area contributed by atoms with Crippen LogP contribution in [-0.4, -0.2) is 50.2 Å². The second kappa shape index (κ2) is 18.8. The first-order chi connectivity index (χ1) is 13.9. The molecule has 0 saturated heterocycles. The SMILES string of the molecule is COC(=O)C(CCCCCC(C)=O)CC(=O)CCCCCCCCCCN(C)C. The summed E-state index contributed by atoms with van der Waals surface area (Å²) < 4.78 is 4.87. The first kappa shape index (κ1) is 27.8. The van der Waals surface area contributed by atoms with Crippen LogP contribution in [0.5, 0.6) is 0 Å². The summed E-state index contributed by atoms with van der Waals surface area (Å²) in [6.45, 7) is 2.77. The van der Waals surface area contributed by atoms with Crippen LogP contribution in [0.2, 0.25) is 0 Å². The molecule has 0 aromatic carbocycles. The van der Waals surface area contributed by atoms with E-state index in [1.165, 1.54) is 52.2 Å². The van der Waals surface area contributed by atoms with Gasteiger partial charge < -0.3 is 14.4 Å². The Bertz CT molecular complexity index is 448. The van der Waals surface area contributed by atoms with Crippen molar-refractivity contribution in [3.63, 3.8) is 0 Å². The van der Waals surface area contributed by atoms with Crippen molar-refractivity contribution < 1.29 is 19.1 Å². The number of ketones is 2. The van der Waals surface area contributed by atoms with Gasteiger partial charge in [-0.2, -0.15) is 0 Å². The van der Waals surface area contributed by atoms with Gasteiger partial charge in [0.1, 0.15) is 11.6 Å². The van der Waals surface area contributed by atoms with Gasteiger partial charge in [-0.25, -0.2) is 0 Å². The number of hydrogen-bond donors (Lipinski definition) is 0. The third kappa shape index (κ3) is 18.5. The van der Waals surface area contributed by atoms with E-state index in [1.807, 2.05) is 0 Å². The summed E-state index contributed by atoms with van der Waals surface area (Å²) in [5, 5.41) is 0. The summed E-state index contributed by atoms with van der Waals surface area (Å²) in [5.41, 5.74) is 0. The lowest BCUT2D eigenvalue weighted by atomic mass is 9.93. The average Bonchev–Trinajstić information content (AvgIpc) is 2.67. The van der Waals surface area contributed by atoms with E-state index in [0.717, 1.165) is 32.1 Å². The van der Waals surface area contributed by atoms with Crippen molar-refractivity contribution in [3.05, 3.63) is 0 Å². The van der Waals surface area contributed by atoms with E-state index in [1.54, 1.807) is 6.92 Å². The van der Waals surface area contributed by atoms with Crippen molar-refractivity contribution in [2.24, 2.45) is 5.92 Å². The molecule has 29 heavy (non-hydrogen) atoms. The molecule has 5 nitrogen and oxygen atoms in total. The molecule has 1 unspecified atom stereocenters. The number of carbonyl (C=O) groups is 3. The zero-order valence-corrected chi connectivity index (χ0v) is 19.5. The number of esters is 1. The van der Waals surface area contributed by atoms with Crippen LogP contribution in [-0.2, 0) is 19.1 Å². The van der Waals surface area contributed by atoms with E-state index in [-0.39, 0.29) is 23.5 Å². The standard InChI is InChI=1S/C24H45NO4/c1-21(26)16-12-11-13-17-22(24(28)29-4)20-23(27)18-14-9-7-5-6-8-10-15-19-25(2)3/h22H,5-20H2,1-4H3. The number of methoxy groups -OCH3 is 1. The van der Waals surface area contributed by atoms with Gasteiger partial charge in [0.2, 0.25) is 0 Å². The van der Waals surface area contributed by atoms with Crippen LogP contribution >= 0.6 is 0 Å². The summed E-state index contributed by atoms with van der Waals surface area (Å²) in [6, 6.07) is 0. The Balaban J connectivity index is 3.80. The predicted octanol–water partition coefficient (Wildman–Crippen LogP) is 5.35. The Labute approximate surface area is 178 Å². The van der Waals surface area contributed by atoms with Gasteiger partial charge in [-0.3, -0.25) is 9.59 Å².